The van der Waals surface area contributed by atoms with Crippen molar-refractivity contribution in [2.75, 3.05) is 10.6 Å². The molecule has 7 nitrogen and oxygen atoms in total. The molecule has 0 unspecified atom stereocenters. The second-order valence-corrected chi connectivity index (χ2v) is 4.91. The number of rotatable bonds is 4. The molecule has 8 heteroatoms. The van der Waals surface area contributed by atoms with Gasteiger partial charge in [0.15, 0.2) is 0 Å². The van der Waals surface area contributed by atoms with Crippen molar-refractivity contribution in [1.82, 2.24) is 15.0 Å². The molecule has 2 aromatic carbocycles. The molecule has 3 rings (SSSR count). The molecule has 0 aliphatic carbocycles. The maximum Gasteiger partial charge on any atom is 0.233 e. The molecule has 116 valence electrons. The Balaban J connectivity index is 1.86. The summed E-state index contributed by atoms with van der Waals surface area (Å²) >= 11 is 5.90. The van der Waals surface area contributed by atoms with Crippen LogP contribution in [-0.4, -0.2) is 25.2 Å². The van der Waals surface area contributed by atoms with E-state index in [0.717, 1.165) is 0 Å². The van der Waals surface area contributed by atoms with Crippen molar-refractivity contribution < 1.29 is 10.2 Å². The fourth-order valence-corrected chi connectivity index (χ4v) is 2.03. The second-order valence-electron chi connectivity index (χ2n) is 4.57. The Kier molecular flexibility index (Phi) is 4.11. The Morgan fingerprint density at radius 3 is 2.30 bits per heavy atom. The Labute approximate surface area is 136 Å². The SMILES string of the molecule is Oc1cccc(Nc2nc(Cl)nc(Nc3ccccc3O)n2)c1. The van der Waals surface area contributed by atoms with Gasteiger partial charge in [0, 0.05) is 11.8 Å². The van der Waals surface area contributed by atoms with Crippen LogP contribution >= 0.6 is 11.6 Å². The summed E-state index contributed by atoms with van der Waals surface area (Å²) in [6.45, 7) is 0. The van der Waals surface area contributed by atoms with Crippen LogP contribution in [-0.2, 0) is 0 Å². The minimum atomic E-state index is -0.0134. The molecule has 4 N–H and O–H groups in total. The van der Waals surface area contributed by atoms with Gasteiger partial charge >= 0.3 is 0 Å². The van der Waals surface area contributed by atoms with Crippen molar-refractivity contribution >= 4 is 34.9 Å². The van der Waals surface area contributed by atoms with E-state index in [-0.39, 0.29) is 28.7 Å². The lowest BCUT2D eigenvalue weighted by atomic mass is 10.3. The van der Waals surface area contributed by atoms with Crippen LogP contribution in [0.3, 0.4) is 0 Å². The summed E-state index contributed by atoms with van der Waals surface area (Å²) in [5, 5.41) is 25.0. The lowest BCUT2D eigenvalue weighted by molar-refractivity contribution is 0.475. The molecule has 0 bridgehead atoms. The molecule has 0 spiro atoms. The molecule has 1 heterocycles. The zero-order valence-electron chi connectivity index (χ0n) is 11.7. The van der Waals surface area contributed by atoms with Gasteiger partial charge in [0.1, 0.15) is 11.5 Å². The van der Waals surface area contributed by atoms with E-state index in [0.29, 0.717) is 11.4 Å². The van der Waals surface area contributed by atoms with Crippen LogP contribution in [0.2, 0.25) is 5.28 Å². The smallest absolute Gasteiger partial charge is 0.233 e. The average Bonchev–Trinajstić information content (AvgIpc) is 2.49. The predicted molar refractivity (Wildman–Crippen MR) is 87.6 cm³/mol. The van der Waals surface area contributed by atoms with E-state index in [1.165, 1.54) is 12.1 Å². The largest absolute Gasteiger partial charge is 0.508 e. The average molecular weight is 330 g/mol. The standard InChI is InChI=1S/C15H12ClN5O2/c16-13-19-14(17-9-4-3-5-10(22)8-9)21-15(20-13)18-11-6-1-2-7-12(11)23/h1-8,22-23H,(H2,17,18,19,20,21). The zero-order valence-corrected chi connectivity index (χ0v) is 12.5. The van der Waals surface area contributed by atoms with Crippen molar-refractivity contribution in [2.45, 2.75) is 0 Å². The molecule has 0 saturated carbocycles. The molecule has 3 aromatic rings. The molecule has 23 heavy (non-hydrogen) atoms. The minimum absolute atomic E-state index is 0.0134. The topological polar surface area (TPSA) is 103 Å². The first-order valence-electron chi connectivity index (χ1n) is 6.63. The number of nitrogens with zero attached hydrogens (tertiary/aromatic N) is 3. The van der Waals surface area contributed by atoms with Gasteiger partial charge in [-0.05, 0) is 35.9 Å². The third-order valence-electron chi connectivity index (χ3n) is 2.86. The number of hydrogen-bond acceptors (Lipinski definition) is 7. The van der Waals surface area contributed by atoms with Crippen molar-refractivity contribution in [3.8, 4) is 11.5 Å². The maximum atomic E-state index is 9.77. The summed E-state index contributed by atoms with van der Waals surface area (Å²) in [5.41, 5.74) is 1.04. The van der Waals surface area contributed by atoms with Crippen molar-refractivity contribution in [3.05, 3.63) is 53.8 Å². The van der Waals surface area contributed by atoms with Crippen LogP contribution < -0.4 is 10.6 Å². The molecule has 0 aliphatic heterocycles. The quantitative estimate of drug-likeness (QED) is 0.544. The van der Waals surface area contributed by atoms with Crippen LogP contribution in [0.4, 0.5) is 23.3 Å². The van der Waals surface area contributed by atoms with Gasteiger partial charge in [0.05, 0.1) is 5.69 Å². The van der Waals surface area contributed by atoms with Crippen LogP contribution in [0.5, 0.6) is 11.5 Å². The summed E-state index contributed by atoms with van der Waals surface area (Å²) in [4.78, 5) is 12.1. The summed E-state index contributed by atoms with van der Waals surface area (Å²) in [7, 11) is 0. The van der Waals surface area contributed by atoms with Gasteiger partial charge in [-0.1, -0.05) is 18.2 Å². The van der Waals surface area contributed by atoms with E-state index in [2.05, 4.69) is 25.6 Å². The number of aromatic hydroxyl groups is 2. The van der Waals surface area contributed by atoms with Gasteiger partial charge in [-0.25, -0.2) is 0 Å². The van der Waals surface area contributed by atoms with E-state index in [9.17, 15) is 10.2 Å². The van der Waals surface area contributed by atoms with E-state index in [4.69, 9.17) is 11.6 Å². The molecule has 0 saturated heterocycles. The van der Waals surface area contributed by atoms with Gasteiger partial charge in [0.25, 0.3) is 0 Å². The van der Waals surface area contributed by atoms with Crippen LogP contribution in [0.1, 0.15) is 0 Å². The number of nitrogens with one attached hydrogen (secondary N) is 2. The van der Waals surface area contributed by atoms with Crippen LogP contribution in [0.15, 0.2) is 48.5 Å². The van der Waals surface area contributed by atoms with Crippen molar-refractivity contribution in [3.63, 3.8) is 0 Å². The molecule has 0 aliphatic rings. The maximum absolute atomic E-state index is 9.77. The Morgan fingerprint density at radius 1 is 0.826 bits per heavy atom. The van der Waals surface area contributed by atoms with Gasteiger partial charge in [0.2, 0.25) is 17.2 Å². The number of phenolic OH excluding ortho intramolecular Hbond substituents is 2. The highest BCUT2D eigenvalue weighted by Gasteiger charge is 2.08. The third-order valence-corrected chi connectivity index (χ3v) is 3.03. The first-order valence-corrected chi connectivity index (χ1v) is 7.00. The molecule has 1 aromatic heterocycles. The molecular weight excluding hydrogens is 318 g/mol. The van der Waals surface area contributed by atoms with Gasteiger partial charge in [-0.3, -0.25) is 0 Å². The lowest BCUT2D eigenvalue weighted by Crippen LogP contribution is -2.04. The Bertz CT molecular complexity index is 844. The number of aromatic nitrogens is 3. The molecule has 0 atom stereocenters. The molecular formula is C15H12ClN5O2. The molecule has 0 amide bonds. The van der Waals surface area contributed by atoms with Gasteiger partial charge in [-0.2, -0.15) is 15.0 Å². The first kappa shape index (κ1) is 14.9. The summed E-state index contributed by atoms with van der Waals surface area (Å²) < 4.78 is 0. The molecule has 0 fully saturated rings. The van der Waals surface area contributed by atoms with E-state index < -0.39 is 0 Å². The zero-order chi connectivity index (χ0) is 16.2. The summed E-state index contributed by atoms with van der Waals surface area (Å²) in [6, 6.07) is 13.2. The van der Waals surface area contributed by atoms with Crippen LogP contribution in [0, 0.1) is 0 Å². The van der Waals surface area contributed by atoms with E-state index in [1.807, 2.05) is 0 Å². The first-order chi connectivity index (χ1) is 11.1. The third kappa shape index (κ3) is 3.78. The number of phenols is 2. The van der Waals surface area contributed by atoms with Gasteiger partial charge < -0.3 is 20.8 Å². The number of hydrogen-bond donors (Lipinski definition) is 4. The highest BCUT2D eigenvalue weighted by Crippen LogP contribution is 2.25. The fraction of sp³-hybridized carbons (Fsp3) is 0. The molecule has 0 radical (unpaired) electrons. The number of para-hydroxylation sites is 2. The Morgan fingerprint density at radius 2 is 1.57 bits per heavy atom. The number of anilines is 4. The monoisotopic (exact) mass is 329 g/mol. The summed E-state index contributed by atoms with van der Waals surface area (Å²) in [6.07, 6.45) is 0. The second kappa shape index (κ2) is 6.37. The number of benzene rings is 2. The predicted octanol–water partition coefficient (Wildman–Crippen LogP) is 3.42. The summed E-state index contributed by atoms with van der Waals surface area (Å²) in [5.74, 6) is 0.553. The minimum Gasteiger partial charge on any atom is -0.508 e. The highest BCUT2D eigenvalue weighted by atomic mass is 35.5. The lowest BCUT2D eigenvalue weighted by Gasteiger charge is -2.09. The fourth-order valence-electron chi connectivity index (χ4n) is 1.87. The van der Waals surface area contributed by atoms with Gasteiger partial charge in [-0.15, -0.1) is 0 Å². The van der Waals surface area contributed by atoms with Crippen molar-refractivity contribution in [1.29, 1.82) is 0 Å². The highest BCUT2D eigenvalue weighted by molar-refractivity contribution is 6.28. The number of halogens is 1. The van der Waals surface area contributed by atoms with E-state index >= 15 is 0 Å². The van der Waals surface area contributed by atoms with Crippen molar-refractivity contribution in [2.24, 2.45) is 0 Å². The Hall–Kier alpha value is -3.06. The normalized spacial score (nSPS) is 10.3. The van der Waals surface area contributed by atoms with E-state index in [1.54, 1.807) is 36.4 Å². The van der Waals surface area contributed by atoms with Crippen LogP contribution in [0.25, 0.3) is 0 Å².